The highest BCUT2D eigenvalue weighted by atomic mass is 16.6. The topological polar surface area (TPSA) is 26.3 Å². The van der Waals surface area contributed by atoms with Crippen LogP contribution in [0.5, 0.6) is 0 Å². The molecule has 0 aromatic rings. The highest BCUT2D eigenvalue weighted by Gasteiger charge is 2.33. The van der Waals surface area contributed by atoms with E-state index in [1.165, 1.54) is 32.1 Å². The van der Waals surface area contributed by atoms with Crippen LogP contribution in [0, 0.1) is 0 Å². The third-order valence-corrected chi connectivity index (χ3v) is 3.91. The Kier molecular flexibility index (Phi) is 6.45. The second-order valence-corrected chi connectivity index (χ2v) is 5.72. The van der Waals surface area contributed by atoms with Gasteiger partial charge >= 0.3 is 5.97 Å². The molecule has 0 amide bonds. The molecule has 2 nitrogen and oxygen atoms in total. The molecule has 1 fully saturated rings. The van der Waals surface area contributed by atoms with Crippen molar-refractivity contribution in [1.29, 1.82) is 0 Å². The van der Waals surface area contributed by atoms with Crippen molar-refractivity contribution in [3.05, 3.63) is 12.2 Å². The number of rotatable bonds is 5. The van der Waals surface area contributed by atoms with Crippen molar-refractivity contribution in [1.82, 2.24) is 0 Å². The molecule has 0 unspecified atom stereocenters. The molecule has 0 atom stereocenters. The zero-order valence-electron chi connectivity index (χ0n) is 12.1. The van der Waals surface area contributed by atoms with Crippen molar-refractivity contribution in [3.8, 4) is 0 Å². The summed E-state index contributed by atoms with van der Waals surface area (Å²) in [4.78, 5) is 11.9. The zero-order valence-corrected chi connectivity index (χ0v) is 12.1. The maximum absolute atomic E-state index is 11.9. The van der Waals surface area contributed by atoms with Crippen molar-refractivity contribution in [2.45, 2.75) is 83.7 Å². The van der Waals surface area contributed by atoms with Gasteiger partial charge < -0.3 is 4.74 Å². The minimum Gasteiger partial charge on any atom is -0.456 e. The van der Waals surface area contributed by atoms with Crippen LogP contribution >= 0.6 is 0 Å². The van der Waals surface area contributed by atoms with Crippen LogP contribution in [0.1, 0.15) is 78.1 Å². The summed E-state index contributed by atoms with van der Waals surface area (Å²) >= 11 is 0. The Morgan fingerprint density at radius 2 is 1.72 bits per heavy atom. The van der Waals surface area contributed by atoms with E-state index in [0.29, 0.717) is 5.57 Å². The molecule has 1 rings (SSSR count). The van der Waals surface area contributed by atoms with Gasteiger partial charge in [-0.25, -0.2) is 4.79 Å². The summed E-state index contributed by atoms with van der Waals surface area (Å²) in [6.45, 7) is 7.63. The number of esters is 1. The number of ether oxygens (including phenoxy) is 1. The highest BCUT2D eigenvalue weighted by Crippen LogP contribution is 2.34. The van der Waals surface area contributed by atoms with Crippen LogP contribution in [0.2, 0.25) is 0 Å². The van der Waals surface area contributed by atoms with Crippen molar-refractivity contribution < 1.29 is 9.53 Å². The zero-order chi connectivity index (χ0) is 13.4. The second kappa shape index (κ2) is 7.60. The van der Waals surface area contributed by atoms with Gasteiger partial charge in [0.15, 0.2) is 0 Å². The fourth-order valence-electron chi connectivity index (χ4n) is 2.74. The van der Waals surface area contributed by atoms with Crippen LogP contribution in [-0.4, -0.2) is 11.6 Å². The van der Waals surface area contributed by atoms with Crippen LogP contribution in [0.15, 0.2) is 12.2 Å². The normalized spacial score (nSPS) is 19.7. The lowest BCUT2D eigenvalue weighted by Gasteiger charge is -2.35. The largest absolute Gasteiger partial charge is 0.456 e. The monoisotopic (exact) mass is 252 g/mol. The molecular weight excluding hydrogens is 224 g/mol. The van der Waals surface area contributed by atoms with Crippen molar-refractivity contribution >= 4 is 5.97 Å². The van der Waals surface area contributed by atoms with E-state index in [1.807, 2.05) is 0 Å². The molecule has 0 bridgehead atoms. The SMILES string of the molecule is C=C(C)C(=O)OC1(CCCC)CCCCCCC1. The molecule has 0 saturated heterocycles. The van der Waals surface area contributed by atoms with E-state index >= 15 is 0 Å². The molecule has 1 aliphatic rings. The summed E-state index contributed by atoms with van der Waals surface area (Å²) in [6, 6.07) is 0. The van der Waals surface area contributed by atoms with E-state index < -0.39 is 0 Å². The van der Waals surface area contributed by atoms with Crippen LogP contribution in [0.4, 0.5) is 0 Å². The molecule has 1 aliphatic carbocycles. The summed E-state index contributed by atoms with van der Waals surface area (Å²) < 4.78 is 5.84. The summed E-state index contributed by atoms with van der Waals surface area (Å²) in [5, 5.41) is 0. The van der Waals surface area contributed by atoms with E-state index in [2.05, 4.69) is 13.5 Å². The first kappa shape index (κ1) is 15.3. The number of hydrogen-bond donors (Lipinski definition) is 0. The summed E-state index contributed by atoms with van der Waals surface area (Å²) in [6.07, 6.45) is 11.6. The number of carbonyl (C=O) groups is 1. The van der Waals surface area contributed by atoms with Crippen molar-refractivity contribution in [2.24, 2.45) is 0 Å². The number of hydrogen-bond acceptors (Lipinski definition) is 2. The summed E-state index contributed by atoms with van der Waals surface area (Å²) in [5.41, 5.74) is 0.319. The predicted molar refractivity (Wildman–Crippen MR) is 75.5 cm³/mol. The van der Waals surface area contributed by atoms with E-state index in [1.54, 1.807) is 6.92 Å². The fraction of sp³-hybridized carbons (Fsp3) is 0.812. The van der Waals surface area contributed by atoms with Gasteiger partial charge in [0.05, 0.1) is 0 Å². The highest BCUT2D eigenvalue weighted by molar-refractivity contribution is 5.87. The van der Waals surface area contributed by atoms with Gasteiger partial charge in [-0.2, -0.15) is 0 Å². The smallest absolute Gasteiger partial charge is 0.333 e. The molecule has 0 radical (unpaired) electrons. The maximum Gasteiger partial charge on any atom is 0.333 e. The van der Waals surface area contributed by atoms with Gasteiger partial charge in [-0.3, -0.25) is 0 Å². The summed E-state index contributed by atoms with van der Waals surface area (Å²) in [7, 11) is 0. The minimum absolute atomic E-state index is 0.202. The van der Waals surface area contributed by atoms with Crippen LogP contribution < -0.4 is 0 Å². The molecule has 0 aromatic carbocycles. The van der Waals surface area contributed by atoms with E-state index in [4.69, 9.17) is 4.74 Å². The molecule has 1 saturated carbocycles. The maximum atomic E-state index is 11.9. The second-order valence-electron chi connectivity index (χ2n) is 5.72. The van der Waals surface area contributed by atoms with Gasteiger partial charge in [-0.15, -0.1) is 0 Å². The average molecular weight is 252 g/mol. The van der Waals surface area contributed by atoms with Gasteiger partial charge in [-0.05, 0) is 45.4 Å². The van der Waals surface area contributed by atoms with Gasteiger partial charge in [0.1, 0.15) is 5.60 Å². The van der Waals surface area contributed by atoms with E-state index in [9.17, 15) is 4.79 Å². The van der Waals surface area contributed by atoms with Gasteiger partial charge in [0.2, 0.25) is 0 Å². The Morgan fingerprint density at radius 1 is 1.17 bits per heavy atom. The van der Waals surface area contributed by atoms with Crippen LogP contribution in [0.3, 0.4) is 0 Å². The lowest BCUT2D eigenvalue weighted by atomic mass is 9.83. The third kappa shape index (κ3) is 4.83. The number of carbonyl (C=O) groups excluding carboxylic acids is 1. The molecule has 18 heavy (non-hydrogen) atoms. The van der Waals surface area contributed by atoms with E-state index in [-0.39, 0.29) is 11.6 Å². The van der Waals surface area contributed by atoms with E-state index in [0.717, 1.165) is 32.1 Å². The van der Waals surface area contributed by atoms with Crippen LogP contribution in [-0.2, 0) is 9.53 Å². The Balaban J connectivity index is 2.70. The van der Waals surface area contributed by atoms with Gasteiger partial charge in [0, 0.05) is 5.57 Å². The van der Waals surface area contributed by atoms with Gasteiger partial charge in [0.25, 0.3) is 0 Å². The van der Waals surface area contributed by atoms with Crippen molar-refractivity contribution in [2.75, 3.05) is 0 Å². The predicted octanol–water partition coefficient (Wildman–Crippen LogP) is 4.78. The first-order valence-corrected chi connectivity index (χ1v) is 7.48. The standard InChI is InChI=1S/C16H28O2/c1-4-5-11-16(18-15(17)14(2)3)12-9-7-6-8-10-13-16/h2,4-13H2,1,3H3. The molecule has 2 heteroatoms. The lowest BCUT2D eigenvalue weighted by molar-refractivity contribution is -0.158. The van der Waals surface area contributed by atoms with Gasteiger partial charge in [-0.1, -0.05) is 39.2 Å². The third-order valence-electron chi connectivity index (χ3n) is 3.91. The molecule has 0 aromatic heterocycles. The lowest BCUT2D eigenvalue weighted by Crippen LogP contribution is -2.36. The first-order chi connectivity index (χ1) is 8.59. The van der Waals surface area contributed by atoms with Crippen LogP contribution in [0.25, 0.3) is 0 Å². The minimum atomic E-state index is -0.202. The Labute approximate surface area is 112 Å². The fourth-order valence-corrected chi connectivity index (χ4v) is 2.74. The molecule has 0 heterocycles. The molecular formula is C16H28O2. The molecule has 0 aliphatic heterocycles. The first-order valence-electron chi connectivity index (χ1n) is 7.48. The summed E-state index contributed by atoms with van der Waals surface area (Å²) in [5.74, 6) is -0.202. The average Bonchev–Trinajstić information content (AvgIpc) is 2.31. The molecule has 0 N–H and O–H groups in total. The Bertz CT molecular complexity index is 267. The molecule has 0 spiro atoms. The van der Waals surface area contributed by atoms with Crippen molar-refractivity contribution in [3.63, 3.8) is 0 Å². The quantitative estimate of drug-likeness (QED) is 0.520. The molecule has 104 valence electrons. The Hall–Kier alpha value is -0.790. The number of unbranched alkanes of at least 4 members (excludes halogenated alkanes) is 1. The Morgan fingerprint density at radius 3 is 2.22 bits per heavy atom.